The second kappa shape index (κ2) is 10.3. The number of rotatable bonds is 9. The number of aliphatic hydroxyl groups is 4. The molecule has 3 heterocycles. The van der Waals surface area contributed by atoms with Crippen LogP contribution in [0.15, 0.2) is 6.20 Å². The molecule has 0 bridgehead atoms. The van der Waals surface area contributed by atoms with Crippen LogP contribution in [0.5, 0.6) is 0 Å². The van der Waals surface area contributed by atoms with Crippen molar-refractivity contribution in [3.63, 3.8) is 0 Å². The van der Waals surface area contributed by atoms with Gasteiger partial charge in [0.2, 0.25) is 10.6 Å². The van der Waals surface area contributed by atoms with Crippen LogP contribution in [0.3, 0.4) is 0 Å². The topological polar surface area (TPSA) is 213 Å². The summed E-state index contributed by atoms with van der Waals surface area (Å²) < 4.78 is 23.9. The summed E-state index contributed by atoms with van der Waals surface area (Å²) in [5.74, 6) is 1.81. The molecule has 0 aromatic carbocycles. The van der Waals surface area contributed by atoms with E-state index in [1.807, 2.05) is 0 Å². The fourth-order valence-corrected chi connectivity index (χ4v) is 6.60. The van der Waals surface area contributed by atoms with Crippen LogP contribution in [0.25, 0.3) is 11.0 Å². The van der Waals surface area contributed by atoms with Crippen molar-refractivity contribution in [2.75, 3.05) is 25.1 Å². The first-order chi connectivity index (χ1) is 17.6. The molecule has 37 heavy (non-hydrogen) atoms. The molecule has 3 fully saturated rings. The number of aliphatic hydroxyl groups excluding tert-OH is 4. The van der Waals surface area contributed by atoms with Crippen molar-refractivity contribution in [2.24, 2.45) is 11.8 Å². The van der Waals surface area contributed by atoms with E-state index >= 15 is 0 Å². The molecule has 2 saturated carbocycles. The molecule has 0 spiro atoms. The van der Waals surface area contributed by atoms with Crippen molar-refractivity contribution in [1.82, 2.24) is 19.7 Å². The van der Waals surface area contributed by atoms with E-state index in [4.69, 9.17) is 21.1 Å². The van der Waals surface area contributed by atoms with E-state index in [2.05, 4.69) is 20.4 Å². The van der Waals surface area contributed by atoms with E-state index in [9.17, 15) is 34.8 Å². The summed E-state index contributed by atoms with van der Waals surface area (Å²) >= 11 is 6.23. The van der Waals surface area contributed by atoms with Crippen molar-refractivity contribution < 1.29 is 44.3 Å². The van der Waals surface area contributed by atoms with E-state index < -0.39 is 57.3 Å². The van der Waals surface area contributed by atoms with Gasteiger partial charge in [-0.1, -0.05) is 12.8 Å². The molecule has 3 aliphatic rings. The lowest BCUT2D eigenvalue weighted by molar-refractivity contribution is -0.121. The Morgan fingerprint density at radius 1 is 1.16 bits per heavy atom. The third-order valence-corrected chi connectivity index (χ3v) is 9.59. The van der Waals surface area contributed by atoms with Gasteiger partial charge in [-0.3, -0.25) is 4.57 Å². The minimum Gasteiger partial charge on any atom is -0.393 e. The SMILES string of the molecule is O=P(O)(O)C(CO)(CO)OC[C@H]1O[C@@H](n2ncc3c(N[C@@H]4CC[C@H]5CCC[C@H]54)nc(Cl)nc32)[C@H](O)[C@@H]1O. The van der Waals surface area contributed by atoms with Gasteiger partial charge in [-0.15, -0.1) is 0 Å². The largest absolute Gasteiger partial charge is 0.393 e. The fraction of sp³-hybridized carbons (Fsp3) is 0.762. The van der Waals surface area contributed by atoms with Crippen LogP contribution in [-0.2, 0) is 14.0 Å². The van der Waals surface area contributed by atoms with Crippen LogP contribution in [0.2, 0.25) is 5.28 Å². The van der Waals surface area contributed by atoms with E-state index in [0.717, 1.165) is 12.3 Å². The highest BCUT2D eigenvalue weighted by Crippen LogP contribution is 2.51. The molecule has 2 aliphatic carbocycles. The highest BCUT2D eigenvalue weighted by molar-refractivity contribution is 7.53. The van der Waals surface area contributed by atoms with Crippen molar-refractivity contribution >= 4 is 36.0 Å². The highest BCUT2D eigenvalue weighted by Gasteiger charge is 2.51. The summed E-state index contributed by atoms with van der Waals surface area (Å²) in [6.45, 7) is -3.01. The molecule has 206 valence electrons. The molecule has 1 saturated heterocycles. The van der Waals surface area contributed by atoms with Gasteiger partial charge in [0.1, 0.15) is 24.1 Å². The number of aromatic nitrogens is 4. The number of nitrogens with zero attached hydrogens (tertiary/aromatic N) is 4. The lowest BCUT2D eigenvalue weighted by Crippen LogP contribution is -2.44. The zero-order valence-corrected chi connectivity index (χ0v) is 21.4. The lowest BCUT2D eigenvalue weighted by atomic mass is 9.97. The van der Waals surface area contributed by atoms with Crippen LogP contribution in [0.1, 0.15) is 38.3 Å². The Labute approximate surface area is 216 Å². The predicted molar refractivity (Wildman–Crippen MR) is 129 cm³/mol. The fourth-order valence-electron chi connectivity index (χ4n) is 5.83. The van der Waals surface area contributed by atoms with E-state index in [1.165, 1.54) is 36.6 Å². The number of hydrogen-bond acceptors (Lipinski definition) is 11. The Balaban J connectivity index is 1.36. The number of fused-ring (bicyclic) bond motifs is 2. The lowest BCUT2D eigenvalue weighted by Gasteiger charge is -2.31. The summed E-state index contributed by atoms with van der Waals surface area (Å²) in [7, 11) is -5.10. The molecule has 0 radical (unpaired) electrons. The first-order valence-corrected chi connectivity index (χ1v) is 14.2. The molecule has 2 aromatic heterocycles. The first-order valence-electron chi connectivity index (χ1n) is 12.2. The summed E-state index contributed by atoms with van der Waals surface area (Å²) in [5.41, 5.74) is 0.261. The molecular weight excluding hydrogens is 533 g/mol. The van der Waals surface area contributed by atoms with Gasteiger partial charge in [-0.25, -0.2) is 4.68 Å². The van der Waals surface area contributed by atoms with Crippen molar-refractivity contribution in [3.05, 3.63) is 11.5 Å². The molecule has 2 aromatic rings. The molecule has 0 unspecified atom stereocenters. The molecule has 0 amide bonds. The van der Waals surface area contributed by atoms with Gasteiger partial charge in [-0.2, -0.15) is 15.1 Å². The van der Waals surface area contributed by atoms with Crippen molar-refractivity contribution in [3.8, 4) is 0 Å². The van der Waals surface area contributed by atoms with Gasteiger partial charge >= 0.3 is 7.60 Å². The van der Waals surface area contributed by atoms with E-state index in [1.54, 1.807) is 0 Å². The van der Waals surface area contributed by atoms with Gasteiger partial charge in [0, 0.05) is 6.04 Å². The number of hydrogen-bond donors (Lipinski definition) is 7. The Kier molecular flexibility index (Phi) is 7.53. The maximum atomic E-state index is 11.8. The molecular formula is C21H31ClN5O9P. The molecule has 1 aliphatic heterocycles. The Morgan fingerprint density at radius 3 is 2.62 bits per heavy atom. The zero-order valence-electron chi connectivity index (χ0n) is 19.8. The van der Waals surface area contributed by atoms with E-state index in [0.29, 0.717) is 17.1 Å². The van der Waals surface area contributed by atoms with Crippen molar-refractivity contribution in [2.45, 2.75) is 68.0 Å². The van der Waals surface area contributed by atoms with Gasteiger partial charge in [0.25, 0.3) is 0 Å². The van der Waals surface area contributed by atoms with Crippen molar-refractivity contribution in [1.29, 1.82) is 0 Å². The molecule has 14 nitrogen and oxygen atoms in total. The third kappa shape index (κ3) is 4.78. The zero-order chi connectivity index (χ0) is 26.5. The predicted octanol–water partition coefficient (Wildman–Crippen LogP) is -0.0353. The van der Waals surface area contributed by atoms with Crippen LogP contribution >= 0.6 is 19.2 Å². The highest BCUT2D eigenvalue weighted by atomic mass is 35.5. The van der Waals surface area contributed by atoms with Gasteiger partial charge in [0.05, 0.1) is 31.4 Å². The maximum absolute atomic E-state index is 11.8. The average molecular weight is 564 g/mol. The average Bonchev–Trinajstić information content (AvgIpc) is 3.61. The third-order valence-electron chi connectivity index (χ3n) is 7.95. The summed E-state index contributed by atoms with van der Waals surface area (Å²) in [5, 5.41) is 45.9. The minimum atomic E-state index is -5.10. The standard InChI is InChI=1S/C21H31ClN5O9P/c22-20-25-17(24-13-5-4-10-2-1-3-11(10)13)12-6-23-27(18(12)26-20)19-16(31)15(30)14(36-19)7-35-21(8-28,9-29)37(32,33)34/h6,10-11,13-16,19,28-31H,1-5,7-9H2,(H,24,25,26)(H2,32,33,34)/t10-,11-,13-,14-,15-,16-,19-/m1/s1. The smallest absolute Gasteiger partial charge is 0.361 e. The summed E-state index contributed by atoms with van der Waals surface area (Å²) in [6.07, 6.45) is 1.80. The van der Waals surface area contributed by atoms with Gasteiger partial charge in [0.15, 0.2) is 11.9 Å². The minimum absolute atomic E-state index is 0.0389. The van der Waals surface area contributed by atoms with Crippen LogP contribution in [-0.4, -0.2) is 99.5 Å². The van der Waals surface area contributed by atoms with E-state index in [-0.39, 0.29) is 17.0 Å². The molecule has 7 atom stereocenters. The van der Waals surface area contributed by atoms with Crippen LogP contribution < -0.4 is 5.32 Å². The quantitative estimate of drug-likeness (QED) is 0.158. The summed E-state index contributed by atoms with van der Waals surface area (Å²) in [4.78, 5) is 27.6. The normalized spacial score (nSPS) is 32.4. The van der Waals surface area contributed by atoms with Gasteiger partial charge < -0.3 is 45.0 Å². The number of halogens is 1. The van der Waals surface area contributed by atoms with Crippen LogP contribution in [0.4, 0.5) is 5.82 Å². The maximum Gasteiger partial charge on any atom is 0.361 e. The number of anilines is 1. The second-order valence-electron chi connectivity index (χ2n) is 10.0. The molecule has 16 heteroatoms. The Bertz CT molecular complexity index is 1180. The second-order valence-corrected chi connectivity index (χ2v) is 12.3. The Hall–Kier alpha value is -1.45. The molecule has 7 N–H and O–H groups in total. The number of nitrogens with one attached hydrogen (secondary N) is 1. The van der Waals surface area contributed by atoms with Crippen LogP contribution in [0, 0.1) is 11.8 Å². The monoisotopic (exact) mass is 563 g/mol. The first kappa shape index (κ1) is 27.1. The number of ether oxygens (including phenoxy) is 2. The molecule has 5 rings (SSSR count). The Morgan fingerprint density at radius 2 is 1.92 bits per heavy atom. The van der Waals surface area contributed by atoms with Gasteiger partial charge in [-0.05, 0) is 42.7 Å². The summed E-state index contributed by atoms with van der Waals surface area (Å²) in [6, 6.07) is 0.258.